The molecular formula is C11H13FN2O3. The van der Waals surface area contributed by atoms with Crippen molar-refractivity contribution in [2.24, 2.45) is 11.7 Å². The van der Waals surface area contributed by atoms with E-state index in [9.17, 15) is 14.5 Å². The van der Waals surface area contributed by atoms with Gasteiger partial charge in [0.1, 0.15) is 5.82 Å². The molecular weight excluding hydrogens is 227 g/mol. The number of hydrogen-bond donors (Lipinski definition) is 1. The predicted molar refractivity (Wildman–Crippen MR) is 59.2 cm³/mol. The van der Waals surface area contributed by atoms with E-state index in [1.807, 2.05) is 0 Å². The zero-order chi connectivity index (χ0) is 12.4. The summed E-state index contributed by atoms with van der Waals surface area (Å²) < 4.78 is 18.4. The number of nitro groups is 1. The van der Waals surface area contributed by atoms with Crippen LogP contribution in [0.2, 0.25) is 0 Å². The molecule has 17 heavy (non-hydrogen) atoms. The first-order chi connectivity index (χ1) is 8.10. The van der Waals surface area contributed by atoms with Crippen LogP contribution in [0.25, 0.3) is 0 Å². The number of nitro benzene ring substituents is 1. The van der Waals surface area contributed by atoms with Crippen LogP contribution in [-0.2, 0) is 0 Å². The summed E-state index contributed by atoms with van der Waals surface area (Å²) in [6.07, 6.45) is 1.44. The normalized spacial score (nSPS) is 22.9. The van der Waals surface area contributed by atoms with E-state index in [-0.39, 0.29) is 17.5 Å². The molecule has 1 aromatic rings. The van der Waals surface area contributed by atoms with Gasteiger partial charge in [0.15, 0.2) is 5.75 Å². The Balaban J connectivity index is 2.09. The Hall–Kier alpha value is -1.69. The molecule has 0 amide bonds. The third-order valence-corrected chi connectivity index (χ3v) is 2.94. The van der Waals surface area contributed by atoms with Crippen LogP contribution >= 0.6 is 0 Å². The van der Waals surface area contributed by atoms with Gasteiger partial charge in [-0.25, -0.2) is 4.39 Å². The van der Waals surface area contributed by atoms with Crippen LogP contribution in [0, 0.1) is 21.8 Å². The average Bonchev–Trinajstić information content (AvgIpc) is 2.22. The van der Waals surface area contributed by atoms with E-state index >= 15 is 0 Å². The quantitative estimate of drug-likeness (QED) is 0.643. The lowest BCUT2D eigenvalue weighted by Gasteiger charge is -2.34. The molecule has 92 valence electrons. The zero-order valence-corrected chi connectivity index (χ0v) is 9.14. The molecule has 1 aliphatic carbocycles. The number of ether oxygens (including phenoxy) is 1. The van der Waals surface area contributed by atoms with E-state index in [0.717, 1.165) is 31.0 Å². The van der Waals surface area contributed by atoms with E-state index in [2.05, 4.69) is 0 Å². The highest BCUT2D eigenvalue weighted by atomic mass is 19.1. The fraction of sp³-hybridized carbons (Fsp3) is 0.455. The fourth-order valence-electron chi connectivity index (χ4n) is 1.88. The molecule has 0 spiro atoms. The zero-order valence-electron chi connectivity index (χ0n) is 9.14. The second kappa shape index (κ2) is 4.67. The molecule has 1 fully saturated rings. The number of hydrogen-bond acceptors (Lipinski definition) is 4. The van der Waals surface area contributed by atoms with Gasteiger partial charge in [0.05, 0.1) is 11.0 Å². The Morgan fingerprint density at radius 3 is 2.82 bits per heavy atom. The molecule has 2 N–H and O–H groups in total. The first-order valence-electron chi connectivity index (χ1n) is 5.41. The molecule has 6 heteroatoms. The molecule has 0 unspecified atom stereocenters. The lowest BCUT2D eigenvalue weighted by molar-refractivity contribution is -0.386. The first kappa shape index (κ1) is 11.8. The number of halogens is 1. The standard InChI is InChI=1S/C11H13FN2O3/c12-8-1-2-10(14(15)16)11(5-8)17-9-3-7(4-9)6-13/h1-2,5,7,9H,3-4,6,13H2. The predicted octanol–water partition coefficient (Wildman–Crippen LogP) is 1.85. The lowest BCUT2D eigenvalue weighted by atomic mass is 9.82. The van der Waals surface area contributed by atoms with Gasteiger partial charge in [-0.3, -0.25) is 10.1 Å². The van der Waals surface area contributed by atoms with Crippen LogP contribution in [0.1, 0.15) is 12.8 Å². The van der Waals surface area contributed by atoms with Gasteiger partial charge in [0, 0.05) is 12.1 Å². The number of nitrogens with zero attached hydrogens (tertiary/aromatic N) is 1. The van der Waals surface area contributed by atoms with Gasteiger partial charge in [-0.2, -0.15) is 0 Å². The van der Waals surface area contributed by atoms with Crippen molar-refractivity contribution in [1.29, 1.82) is 0 Å². The molecule has 2 rings (SSSR count). The maximum absolute atomic E-state index is 13.0. The maximum Gasteiger partial charge on any atom is 0.311 e. The van der Waals surface area contributed by atoms with Crippen molar-refractivity contribution in [3.8, 4) is 5.75 Å². The molecule has 0 saturated heterocycles. The van der Waals surface area contributed by atoms with Crippen molar-refractivity contribution in [2.75, 3.05) is 6.54 Å². The summed E-state index contributed by atoms with van der Waals surface area (Å²) in [6.45, 7) is 0.588. The summed E-state index contributed by atoms with van der Waals surface area (Å²) in [5.74, 6) is -0.136. The van der Waals surface area contributed by atoms with E-state index < -0.39 is 10.7 Å². The fourth-order valence-corrected chi connectivity index (χ4v) is 1.88. The minimum Gasteiger partial charge on any atom is -0.483 e. The monoisotopic (exact) mass is 240 g/mol. The minimum absolute atomic E-state index is 0.00419. The molecule has 1 saturated carbocycles. The van der Waals surface area contributed by atoms with Gasteiger partial charge < -0.3 is 10.5 Å². The molecule has 5 nitrogen and oxygen atoms in total. The molecule has 1 aliphatic rings. The Morgan fingerprint density at radius 2 is 2.24 bits per heavy atom. The van der Waals surface area contributed by atoms with Crippen LogP contribution in [0.3, 0.4) is 0 Å². The van der Waals surface area contributed by atoms with Crippen LogP contribution in [-0.4, -0.2) is 17.6 Å². The van der Waals surface area contributed by atoms with Crippen molar-refractivity contribution in [3.63, 3.8) is 0 Å². The highest BCUT2D eigenvalue weighted by molar-refractivity contribution is 5.46. The van der Waals surface area contributed by atoms with Gasteiger partial charge in [-0.1, -0.05) is 0 Å². The highest BCUT2D eigenvalue weighted by Gasteiger charge is 2.31. The van der Waals surface area contributed by atoms with Crippen molar-refractivity contribution >= 4 is 5.69 Å². The first-order valence-corrected chi connectivity index (χ1v) is 5.41. The van der Waals surface area contributed by atoms with Gasteiger partial charge >= 0.3 is 5.69 Å². The van der Waals surface area contributed by atoms with E-state index in [0.29, 0.717) is 12.5 Å². The van der Waals surface area contributed by atoms with Gasteiger partial charge in [0.25, 0.3) is 0 Å². The SMILES string of the molecule is NCC1CC(Oc2cc(F)ccc2[N+](=O)[O-])C1. The summed E-state index contributed by atoms with van der Waals surface area (Å²) in [5, 5.41) is 10.7. The van der Waals surface area contributed by atoms with Crippen molar-refractivity contribution in [2.45, 2.75) is 18.9 Å². The Kier molecular flexibility index (Phi) is 3.23. The largest absolute Gasteiger partial charge is 0.483 e. The van der Waals surface area contributed by atoms with Crippen molar-refractivity contribution in [3.05, 3.63) is 34.1 Å². The van der Waals surface area contributed by atoms with Crippen LogP contribution in [0.4, 0.5) is 10.1 Å². The number of rotatable bonds is 4. The summed E-state index contributed by atoms with van der Waals surface area (Å²) >= 11 is 0. The van der Waals surface area contributed by atoms with Crippen LogP contribution in [0.15, 0.2) is 18.2 Å². The second-order valence-electron chi connectivity index (χ2n) is 4.18. The number of benzene rings is 1. The van der Waals surface area contributed by atoms with Crippen molar-refractivity contribution in [1.82, 2.24) is 0 Å². The Bertz CT molecular complexity index is 433. The molecule has 0 radical (unpaired) electrons. The van der Waals surface area contributed by atoms with Gasteiger partial charge in [-0.05, 0) is 31.4 Å². The van der Waals surface area contributed by atoms with Gasteiger partial charge in [0.2, 0.25) is 0 Å². The van der Waals surface area contributed by atoms with E-state index in [1.165, 1.54) is 0 Å². The third kappa shape index (κ3) is 2.52. The molecule has 0 aromatic heterocycles. The molecule has 0 bridgehead atoms. The second-order valence-corrected chi connectivity index (χ2v) is 4.18. The minimum atomic E-state index is -0.576. The van der Waals surface area contributed by atoms with Crippen LogP contribution in [0.5, 0.6) is 5.75 Å². The summed E-state index contributed by atoms with van der Waals surface area (Å²) in [5.41, 5.74) is 5.26. The molecule has 0 aliphatic heterocycles. The van der Waals surface area contributed by atoms with E-state index in [1.54, 1.807) is 0 Å². The molecule has 0 heterocycles. The highest BCUT2D eigenvalue weighted by Crippen LogP contribution is 2.35. The molecule has 1 aromatic carbocycles. The maximum atomic E-state index is 13.0. The molecule has 0 atom stereocenters. The van der Waals surface area contributed by atoms with Gasteiger partial charge in [-0.15, -0.1) is 0 Å². The third-order valence-electron chi connectivity index (χ3n) is 2.94. The van der Waals surface area contributed by atoms with Crippen molar-refractivity contribution < 1.29 is 14.1 Å². The summed E-state index contributed by atoms with van der Waals surface area (Å²) in [7, 11) is 0. The lowest BCUT2D eigenvalue weighted by Crippen LogP contribution is -2.37. The smallest absolute Gasteiger partial charge is 0.311 e. The Labute approximate surface area is 97.5 Å². The average molecular weight is 240 g/mol. The summed E-state index contributed by atoms with van der Waals surface area (Å²) in [4.78, 5) is 10.1. The Morgan fingerprint density at radius 1 is 1.53 bits per heavy atom. The summed E-state index contributed by atoms with van der Waals surface area (Å²) in [6, 6.07) is 3.21. The van der Waals surface area contributed by atoms with Crippen LogP contribution < -0.4 is 10.5 Å². The van der Waals surface area contributed by atoms with E-state index in [4.69, 9.17) is 10.5 Å². The topological polar surface area (TPSA) is 78.4 Å². The number of nitrogens with two attached hydrogens (primary N) is 1.